The van der Waals surface area contributed by atoms with E-state index < -0.39 is 0 Å². The highest BCUT2D eigenvalue weighted by atomic mass is 15.0. The number of rotatable bonds is 9. The summed E-state index contributed by atoms with van der Waals surface area (Å²) < 4.78 is 4.67. The molecule has 0 saturated carbocycles. The molecule has 0 fully saturated rings. The highest BCUT2D eigenvalue weighted by molar-refractivity contribution is 6.31. The second kappa shape index (κ2) is 25.3. The van der Waals surface area contributed by atoms with Crippen molar-refractivity contribution in [2.45, 2.75) is 0 Å². The van der Waals surface area contributed by atoms with Gasteiger partial charge in [-0.3, -0.25) is 4.98 Å². The smallest absolute Gasteiger partial charge is 0.0998 e. The van der Waals surface area contributed by atoms with Gasteiger partial charge in [0.25, 0.3) is 0 Å². The Labute approximate surface area is 665 Å². The lowest BCUT2D eigenvalue weighted by atomic mass is 9.87. The summed E-state index contributed by atoms with van der Waals surface area (Å²) in [5, 5.41) is 49.2. The van der Waals surface area contributed by atoms with E-state index >= 15 is 0 Å². The fourth-order valence-corrected chi connectivity index (χ4v) is 19.5. The van der Waals surface area contributed by atoms with Crippen molar-refractivity contribution in [3.05, 3.63) is 388 Å². The highest BCUT2D eigenvalue weighted by Gasteiger charge is 2.25. The van der Waals surface area contributed by atoms with Crippen molar-refractivity contribution in [3.63, 3.8) is 0 Å². The molecular formula is C110H62N6. The van der Waals surface area contributed by atoms with Crippen molar-refractivity contribution in [2.24, 2.45) is 0 Å². The Hall–Kier alpha value is -15.9. The number of benzene rings is 21. The number of nitrogens with zero attached hydrogens (tertiary/aromatic N) is 6. The Morgan fingerprint density at radius 2 is 0.552 bits per heavy atom. The average molecular weight is 1470 g/mol. The van der Waals surface area contributed by atoms with Crippen LogP contribution in [0, 0.1) is 22.7 Å². The first-order chi connectivity index (χ1) is 57.4. The van der Waals surface area contributed by atoms with Gasteiger partial charge in [0.2, 0.25) is 0 Å². The molecule has 4 heterocycles. The minimum absolute atomic E-state index is 0.699. The summed E-state index contributed by atoms with van der Waals surface area (Å²) in [6.45, 7) is 0. The standard InChI is InChI=1S/C57H32N4.C53H30N2/c58-33-43-17-21-52-56-48(43)18-19-49-47(20-22-53(57(49)56)61(52)46-5-2-1-3-6-46)38-12-11-35-27-37(10-9-36(35)28-38)44-29-39-13-15-41-31-45(32-42-16-14-40(30-44)54(39)55(41)42)51-8-4-7-50(60-51)34-23-25-59-26-24-34;54-31-37-19-25-48-52-42(37)21-23-47-46(24-26-49(53(47)52)55(48)40-11-5-2-6-12-40)45-22-20-41(43-13-7-8-14-44(43)45)39-29-35-17-15-33-27-38(32-9-3-1-4-10-32)28-34-16-18-36(30-39)51(35)50(33)34/h1-32H;1-30H. The molecule has 0 N–H and O–H groups in total. The van der Waals surface area contributed by atoms with Gasteiger partial charge in [-0.1, -0.05) is 218 Å². The van der Waals surface area contributed by atoms with E-state index in [4.69, 9.17) is 4.98 Å². The van der Waals surface area contributed by atoms with Crippen molar-refractivity contribution in [2.75, 3.05) is 0 Å². The summed E-state index contributed by atoms with van der Waals surface area (Å²) in [5.74, 6) is 0. The second-order valence-electron chi connectivity index (χ2n) is 30.9. The Bertz CT molecular complexity index is 8320. The van der Waals surface area contributed by atoms with Crippen molar-refractivity contribution < 1.29 is 0 Å². The van der Waals surface area contributed by atoms with Crippen LogP contribution in [0.2, 0.25) is 0 Å². The number of hydrogen-bond acceptors (Lipinski definition) is 4. The van der Waals surface area contributed by atoms with Crippen molar-refractivity contribution in [3.8, 4) is 102 Å². The molecule has 6 heteroatoms. The summed E-state index contributed by atoms with van der Waals surface area (Å²) in [4.78, 5) is 9.21. The van der Waals surface area contributed by atoms with Crippen LogP contribution in [0.15, 0.2) is 376 Å². The molecule has 0 aliphatic carbocycles. The summed E-state index contributed by atoms with van der Waals surface area (Å²) in [7, 11) is 0. The van der Waals surface area contributed by atoms with Gasteiger partial charge in [-0.2, -0.15) is 10.5 Å². The first kappa shape index (κ1) is 64.9. The van der Waals surface area contributed by atoms with Crippen LogP contribution in [0.5, 0.6) is 0 Å². The molecule has 0 aliphatic rings. The molecule has 0 bridgehead atoms. The van der Waals surface area contributed by atoms with Crippen LogP contribution in [0.3, 0.4) is 0 Å². The first-order valence-electron chi connectivity index (χ1n) is 39.4. The van der Waals surface area contributed by atoms with E-state index in [0.29, 0.717) is 11.1 Å². The van der Waals surface area contributed by atoms with Gasteiger partial charge in [-0.25, -0.2) is 4.98 Å². The Kier molecular flexibility index (Phi) is 14.2. The van der Waals surface area contributed by atoms with Gasteiger partial charge in [0, 0.05) is 67.2 Å². The van der Waals surface area contributed by atoms with E-state index in [1.165, 1.54) is 163 Å². The van der Waals surface area contributed by atoms with Crippen LogP contribution in [-0.2, 0) is 0 Å². The zero-order valence-corrected chi connectivity index (χ0v) is 62.5. The minimum atomic E-state index is 0.699. The molecule has 532 valence electrons. The maximum atomic E-state index is 10.1. The average Bonchev–Trinajstić information content (AvgIpc) is 1.54. The van der Waals surface area contributed by atoms with E-state index in [-0.39, 0.29) is 0 Å². The van der Waals surface area contributed by atoms with Gasteiger partial charge < -0.3 is 9.13 Å². The maximum Gasteiger partial charge on any atom is 0.0998 e. The summed E-state index contributed by atoms with van der Waals surface area (Å²) in [6, 6.07) is 137. The molecule has 0 radical (unpaired) electrons. The molecule has 6 nitrogen and oxygen atoms in total. The summed E-state index contributed by atoms with van der Waals surface area (Å²) in [5.41, 5.74) is 24.3. The predicted octanol–water partition coefficient (Wildman–Crippen LogP) is 29.1. The molecule has 116 heavy (non-hydrogen) atoms. The molecule has 0 unspecified atom stereocenters. The maximum absolute atomic E-state index is 10.1. The lowest BCUT2D eigenvalue weighted by molar-refractivity contribution is 1.18. The van der Waals surface area contributed by atoms with Gasteiger partial charge >= 0.3 is 0 Å². The van der Waals surface area contributed by atoms with Crippen LogP contribution < -0.4 is 0 Å². The zero-order valence-electron chi connectivity index (χ0n) is 62.5. The highest BCUT2D eigenvalue weighted by Crippen LogP contribution is 2.50. The molecule has 0 atom stereocenters. The zero-order chi connectivity index (χ0) is 76.4. The lowest BCUT2D eigenvalue weighted by Gasteiger charge is -2.17. The third kappa shape index (κ3) is 9.88. The number of aromatic nitrogens is 4. The number of para-hydroxylation sites is 2. The van der Waals surface area contributed by atoms with E-state index in [2.05, 4.69) is 360 Å². The second-order valence-corrected chi connectivity index (χ2v) is 30.9. The van der Waals surface area contributed by atoms with Crippen LogP contribution in [0.25, 0.3) is 241 Å². The molecule has 0 saturated heterocycles. The van der Waals surface area contributed by atoms with E-state index in [9.17, 15) is 10.5 Å². The predicted molar refractivity (Wildman–Crippen MR) is 484 cm³/mol. The summed E-state index contributed by atoms with van der Waals surface area (Å²) >= 11 is 0. The van der Waals surface area contributed by atoms with Crippen molar-refractivity contribution >= 4 is 151 Å². The Morgan fingerprint density at radius 1 is 0.207 bits per heavy atom. The van der Waals surface area contributed by atoms with Crippen LogP contribution in [-0.4, -0.2) is 19.1 Å². The fraction of sp³-hybridized carbons (Fsp3) is 0. The van der Waals surface area contributed by atoms with Gasteiger partial charge in [0.15, 0.2) is 0 Å². The number of pyridine rings is 2. The third-order valence-electron chi connectivity index (χ3n) is 24.7. The normalized spacial score (nSPS) is 11.9. The van der Waals surface area contributed by atoms with Gasteiger partial charge in [0.1, 0.15) is 0 Å². The number of hydrogen-bond donors (Lipinski definition) is 0. The van der Waals surface area contributed by atoms with Gasteiger partial charge in [-0.05, 0) is 298 Å². The molecule has 21 aromatic carbocycles. The largest absolute Gasteiger partial charge is 0.309 e. The lowest BCUT2D eigenvalue weighted by Crippen LogP contribution is -1.93. The Balaban J connectivity index is 0.000000134. The molecule has 0 aliphatic heterocycles. The van der Waals surface area contributed by atoms with Crippen LogP contribution in [0.4, 0.5) is 0 Å². The third-order valence-corrected chi connectivity index (χ3v) is 24.7. The fourth-order valence-electron chi connectivity index (χ4n) is 19.5. The minimum Gasteiger partial charge on any atom is -0.309 e. The van der Waals surface area contributed by atoms with Crippen LogP contribution >= 0.6 is 0 Å². The van der Waals surface area contributed by atoms with Gasteiger partial charge in [-0.15, -0.1) is 0 Å². The molecule has 0 spiro atoms. The summed E-state index contributed by atoms with van der Waals surface area (Å²) in [6.07, 6.45) is 3.62. The first-order valence-corrected chi connectivity index (χ1v) is 39.4. The molecule has 25 aromatic rings. The van der Waals surface area contributed by atoms with E-state index in [0.717, 1.165) is 77.5 Å². The molecular weight excluding hydrogens is 1410 g/mol. The monoisotopic (exact) mass is 1470 g/mol. The molecule has 25 rings (SSSR count). The van der Waals surface area contributed by atoms with Gasteiger partial charge in [0.05, 0.1) is 56.7 Å². The Morgan fingerprint density at radius 3 is 1.06 bits per heavy atom. The van der Waals surface area contributed by atoms with Crippen LogP contribution in [0.1, 0.15) is 11.1 Å². The van der Waals surface area contributed by atoms with E-state index in [1.807, 2.05) is 42.7 Å². The van der Waals surface area contributed by atoms with E-state index in [1.54, 1.807) is 0 Å². The molecule has 4 aromatic heterocycles. The van der Waals surface area contributed by atoms with Crippen molar-refractivity contribution in [1.29, 1.82) is 10.5 Å². The topological polar surface area (TPSA) is 83.2 Å². The quantitative estimate of drug-likeness (QED) is 0.135. The van der Waals surface area contributed by atoms with Crippen molar-refractivity contribution in [1.82, 2.24) is 19.1 Å². The number of fused-ring (bicyclic) bond motifs is 2. The number of nitriles is 2. The SMILES string of the molecule is N#Cc1ccc2c3c1ccc1c(-c4ccc(-c5cc6ccc7cc(-c8ccccc8)cc8ccc(c5)c6c78)c5ccccc45)ccc(c13)n2-c1ccccc1.N#Cc1ccc2c3c1ccc1c(-c4ccc5cc(-c6cc7ccc8cc(-c9cccc(-c%10ccncc%10)n9)cc9ccc(c6)c7c89)ccc5c4)ccc(c13)n2-c1ccccc1. The molecule has 0 amide bonds.